The molecule has 4 rings (SSSR count). The van der Waals surface area contributed by atoms with E-state index in [0.717, 1.165) is 54.0 Å². The molecule has 0 bridgehead atoms. The molecule has 2 aromatic carbocycles. The van der Waals surface area contributed by atoms with Crippen molar-refractivity contribution in [3.63, 3.8) is 0 Å². The molecule has 0 saturated carbocycles. The van der Waals surface area contributed by atoms with Gasteiger partial charge in [-0.1, -0.05) is 89.7 Å². The summed E-state index contributed by atoms with van der Waals surface area (Å²) < 4.78 is 6.22. The number of aromatic nitrogens is 1. The minimum Gasteiger partial charge on any atom is -0.431 e. The van der Waals surface area contributed by atoms with Crippen molar-refractivity contribution in [3.8, 4) is 22.6 Å². The number of nitrogens with zero attached hydrogens (tertiary/aromatic N) is 2. The van der Waals surface area contributed by atoms with Gasteiger partial charge in [0.1, 0.15) is 5.69 Å². The third-order valence-corrected chi connectivity index (χ3v) is 5.93. The highest BCUT2D eigenvalue weighted by Crippen LogP contribution is 2.38. The van der Waals surface area contributed by atoms with E-state index in [1.54, 1.807) is 11.8 Å². The lowest BCUT2D eigenvalue weighted by Gasteiger charge is -2.16. The zero-order valence-corrected chi connectivity index (χ0v) is 16.3. The van der Waals surface area contributed by atoms with Crippen LogP contribution in [0.5, 0.6) is 0 Å². The zero-order valence-electron chi connectivity index (χ0n) is 15.5. The molecule has 1 aliphatic carbocycles. The molecule has 3 aromatic rings. The first kappa shape index (κ1) is 18.6. The fourth-order valence-corrected chi connectivity index (χ4v) is 4.41. The smallest absolute Gasteiger partial charge is 0.257 e. The van der Waals surface area contributed by atoms with Crippen LogP contribution in [0.1, 0.15) is 25.7 Å². The van der Waals surface area contributed by atoms with E-state index in [2.05, 4.69) is 17.3 Å². The number of hydrogen-bond acceptors (Lipinski definition) is 5. The molecule has 1 N–H and O–H groups in total. The van der Waals surface area contributed by atoms with Crippen LogP contribution in [-0.2, 0) is 0 Å². The van der Waals surface area contributed by atoms with Crippen molar-refractivity contribution >= 4 is 17.5 Å². The molecule has 142 valence electrons. The van der Waals surface area contributed by atoms with E-state index >= 15 is 0 Å². The molecule has 4 nitrogen and oxygen atoms in total. The van der Waals surface area contributed by atoms with E-state index in [0.29, 0.717) is 5.22 Å². The summed E-state index contributed by atoms with van der Waals surface area (Å²) in [5, 5.41) is 13.7. The predicted octanol–water partition coefficient (Wildman–Crippen LogP) is 6.43. The molecule has 0 aliphatic heterocycles. The number of hydrogen-bond donors (Lipinski definition) is 1. The van der Waals surface area contributed by atoms with Gasteiger partial charge in [0.25, 0.3) is 5.22 Å². The number of benzene rings is 2. The van der Waals surface area contributed by atoms with Crippen LogP contribution in [0.15, 0.2) is 87.6 Å². The van der Waals surface area contributed by atoms with Crippen molar-refractivity contribution in [2.75, 3.05) is 0 Å². The van der Waals surface area contributed by atoms with Crippen LogP contribution < -0.4 is 0 Å². The van der Waals surface area contributed by atoms with Crippen molar-refractivity contribution < 1.29 is 9.62 Å². The molecule has 1 heterocycles. The fraction of sp³-hybridized carbons (Fsp3) is 0.217. The van der Waals surface area contributed by atoms with Crippen LogP contribution in [0.2, 0.25) is 0 Å². The van der Waals surface area contributed by atoms with Gasteiger partial charge in [0, 0.05) is 11.1 Å². The molecule has 1 atom stereocenters. The van der Waals surface area contributed by atoms with Gasteiger partial charge in [0.05, 0.1) is 11.0 Å². The Kier molecular flexibility index (Phi) is 5.92. The first-order valence-electron chi connectivity index (χ1n) is 9.49. The summed E-state index contributed by atoms with van der Waals surface area (Å²) >= 11 is 1.54. The summed E-state index contributed by atoms with van der Waals surface area (Å²) in [5.41, 5.74) is 3.66. The van der Waals surface area contributed by atoms with Gasteiger partial charge < -0.3 is 9.62 Å². The molecule has 0 saturated heterocycles. The summed E-state index contributed by atoms with van der Waals surface area (Å²) in [4.78, 5) is 4.82. The van der Waals surface area contributed by atoms with Gasteiger partial charge in [-0.25, -0.2) is 4.98 Å². The Bertz CT molecular complexity index is 908. The quantitative estimate of drug-likeness (QED) is 0.317. The second-order valence-corrected chi connectivity index (χ2v) is 7.83. The van der Waals surface area contributed by atoms with Crippen molar-refractivity contribution in [1.29, 1.82) is 0 Å². The number of oxazole rings is 1. The summed E-state index contributed by atoms with van der Waals surface area (Å²) in [6.45, 7) is 0. The Morgan fingerprint density at radius 2 is 1.61 bits per heavy atom. The zero-order chi connectivity index (χ0) is 19.2. The topological polar surface area (TPSA) is 58.6 Å². The molecule has 0 spiro atoms. The average molecular weight is 391 g/mol. The SMILES string of the molecule is O/N=C1\CCC=CCC[C@@H]1Sc1nc(-c2ccccc2)c(-c2ccccc2)o1. The molecule has 0 unspecified atom stereocenters. The standard InChI is InChI=1S/C23H22N2O2S/c26-25-19-15-9-1-2-10-16-20(19)28-23-24-21(17-11-5-3-6-12-17)22(27-23)18-13-7-4-8-14-18/h1-8,11-14,20,26H,9-10,15-16H2/b2-1?,25-19+/t20-/m0/s1. The van der Waals surface area contributed by atoms with E-state index in [9.17, 15) is 5.21 Å². The van der Waals surface area contributed by atoms with Crippen LogP contribution in [-0.4, -0.2) is 21.2 Å². The lowest BCUT2D eigenvalue weighted by Crippen LogP contribution is -2.18. The molecular weight excluding hydrogens is 368 g/mol. The van der Waals surface area contributed by atoms with Crippen LogP contribution >= 0.6 is 11.8 Å². The maximum absolute atomic E-state index is 9.47. The summed E-state index contributed by atoms with van der Waals surface area (Å²) in [6, 6.07) is 20.1. The highest BCUT2D eigenvalue weighted by atomic mass is 32.2. The number of thioether (sulfide) groups is 1. The Labute approximate surface area is 169 Å². The summed E-state index contributed by atoms with van der Waals surface area (Å²) in [6.07, 6.45) is 7.84. The second kappa shape index (κ2) is 8.93. The maximum Gasteiger partial charge on any atom is 0.257 e. The predicted molar refractivity (Wildman–Crippen MR) is 114 cm³/mol. The van der Waals surface area contributed by atoms with Crippen molar-refractivity contribution in [3.05, 3.63) is 72.8 Å². The van der Waals surface area contributed by atoms with Crippen LogP contribution in [0.3, 0.4) is 0 Å². The number of oxime groups is 1. The fourth-order valence-electron chi connectivity index (χ4n) is 3.33. The van der Waals surface area contributed by atoms with Crippen LogP contribution in [0.25, 0.3) is 22.6 Å². The average Bonchev–Trinajstić information content (AvgIpc) is 3.16. The lowest BCUT2D eigenvalue weighted by molar-refractivity contribution is 0.316. The highest BCUT2D eigenvalue weighted by Gasteiger charge is 2.24. The third kappa shape index (κ3) is 4.20. The second-order valence-electron chi connectivity index (χ2n) is 6.67. The molecule has 1 aromatic heterocycles. The third-order valence-electron chi connectivity index (χ3n) is 4.76. The molecule has 1 aliphatic rings. The lowest BCUT2D eigenvalue weighted by atomic mass is 10.0. The van der Waals surface area contributed by atoms with Gasteiger partial charge in [-0.2, -0.15) is 0 Å². The maximum atomic E-state index is 9.47. The van der Waals surface area contributed by atoms with Crippen molar-refractivity contribution in [2.45, 2.75) is 36.2 Å². The van der Waals surface area contributed by atoms with Crippen LogP contribution in [0.4, 0.5) is 0 Å². The van der Waals surface area contributed by atoms with Gasteiger partial charge in [0.2, 0.25) is 0 Å². The van der Waals surface area contributed by atoms with E-state index in [1.807, 2.05) is 60.7 Å². The van der Waals surface area contributed by atoms with Gasteiger partial charge in [-0.05, 0) is 25.7 Å². The van der Waals surface area contributed by atoms with E-state index in [1.165, 1.54) is 0 Å². The van der Waals surface area contributed by atoms with Crippen LogP contribution in [0, 0.1) is 0 Å². The van der Waals surface area contributed by atoms with Crippen molar-refractivity contribution in [1.82, 2.24) is 4.98 Å². The molecule has 28 heavy (non-hydrogen) atoms. The molecular formula is C23H22N2O2S. The first-order valence-corrected chi connectivity index (χ1v) is 10.4. The summed E-state index contributed by atoms with van der Waals surface area (Å²) in [5.74, 6) is 0.766. The summed E-state index contributed by atoms with van der Waals surface area (Å²) in [7, 11) is 0. The van der Waals surface area contributed by atoms with E-state index in [-0.39, 0.29) is 5.25 Å². The number of rotatable bonds is 4. The Hall–Kier alpha value is -2.79. The van der Waals surface area contributed by atoms with Crippen molar-refractivity contribution in [2.24, 2.45) is 5.16 Å². The Balaban J connectivity index is 1.70. The van der Waals surface area contributed by atoms with Gasteiger partial charge in [-0.3, -0.25) is 0 Å². The minimum atomic E-state index is 0.0563. The van der Waals surface area contributed by atoms with Gasteiger partial charge in [0.15, 0.2) is 5.76 Å². The van der Waals surface area contributed by atoms with E-state index in [4.69, 9.17) is 9.40 Å². The molecule has 0 radical (unpaired) electrons. The highest BCUT2D eigenvalue weighted by molar-refractivity contribution is 8.00. The monoisotopic (exact) mass is 390 g/mol. The normalized spacial score (nSPS) is 18.7. The largest absolute Gasteiger partial charge is 0.431 e. The van der Waals surface area contributed by atoms with Gasteiger partial charge >= 0.3 is 0 Å². The Morgan fingerprint density at radius 1 is 0.929 bits per heavy atom. The minimum absolute atomic E-state index is 0.0563. The molecule has 0 amide bonds. The first-order chi connectivity index (χ1) is 13.8. The molecule has 0 fully saturated rings. The molecule has 5 heteroatoms. The van der Waals surface area contributed by atoms with E-state index < -0.39 is 0 Å². The Morgan fingerprint density at radius 3 is 2.32 bits per heavy atom. The van der Waals surface area contributed by atoms with Gasteiger partial charge in [-0.15, -0.1) is 0 Å². The number of allylic oxidation sites excluding steroid dienone is 2.